The molecule has 0 amide bonds. The van der Waals surface area contributed by atoms with Gasteiger partial charge in [0.1, 0.15) is 11.5 Å². The van der Waals surface area contributed by atoms with Crippen molar-refractivity contribution in [3.63, 3.8) is 0 Å². The van der Waals surface area contributed by atoms with Crippen LogP contribution in [0.4, 0.5) is 0 Å². The quantitative estimate of drug-likeness (QED) is 0.731. The van der Waals surface area contributed by atoms with Crippen LogP contribution in [0.2, 0.25) is 0 Å². The molecule has 1 aromatic carbocycles. The first kappa shape index (κ1) is 12.9. The van der Waals surface area contributed by atoms with Crippen molar-refractivity contribution in [3.05, 3.63) is 17.7 Å². The van der Waals surface area contributed by atoms with Crippen LogP contribution >= 0.6 is 0 Å². The molecule has 0 aromatic heterocycles. The molecule has 0 heterocycles. The summed E-state index contributed by atoms with van der Waals surface area (Å²) < 4.78 is 10.3. The van der Waals surface area contributed by atoms with Crippen molar-refractivity contribution in [1.29, 1.82) is 0 Å². The summed E-state index contributed by atoms with van der Waals surface area (Å²) in [4.78, 5) is 0. The van der Waals surface area contributed by atoms with Gasteiger partial charge in [-0.3, -0.25) is 0 Å². The normalized spacial score (nSPS) is 10.4. The molecule has 16 heavy (non-hydrogen) atoms. The number of hydrogen-bond acceptors (Lipinski definition) is 4. The molecule has 0 radical (unpaired) electrons. The predicted molar refractivity (Wildman–Crippen MR) is 63.5 cm³/mol. The zero-order valence-electron chi connectivity index (χ0n) is 10.0. The predicted octanol–water partition coefficient (Wildman–Crippen LogP) is 0.507. The minimum atomic E-state index is -1.54. The van der Waals surface area contributed by atoms with E-state index in [2.05, 4.69) is 0 Å². The van der Waals surface area contributed by atoms with Crippen LogP contribution in [0.3, 0.4) is 0 Å². The van der Waals surface area contributed by atoms with Crippen LogP contribution in [0, 0.1) is 0 Å². The average Bonchev–Trinajstić information content (AvgIpc) is 2.26. The highest BCUT2D eigenvalue weighted by Crippen LogP contribution is 2.29. The third kappa shape index (κ3) is 2.48. The van der Waals surface area contributed by atoms with E-state index < -0.39 is 7.12 Å². The molecule has 4 nitrogen and oxygen atoms in total. The van der Waals surface area contributed by atoms with E-state index in [1.54, 1.807) is 19.2 Å². The lowest BCUT2D eigenvalue weighted by Gasteiger charge is -2.16. The molecule has 1 rings (SSSR count). The highest BCUT2D eigenvalue weighted by atomic mass is 16.5. The molecule has 0 aliphatic rings. The van der Waals surface area contributed by atoms with Gasteiger partial charge in [-0.25, -0.2) is 0 Å². The number of benzene rings is 1. The van der Waals surface area contributed by atoms with E-state index in [4.69, 9.17) is 9.47 Å². The van der Waals surface area contributed by atoms with Gasteiger partial charge in [0, 0.05) is 11.5 Å². The summed E-state index contributed by atoms with van der Waals surface area (Å²) in [5.41, 5.74) is 1.28. The zero-order chi connectivity index (χ0) is 12.3. The molecular weight excluding hydrogens is 207 g/mol. The molecule has 0 atom stereocenters. The maximum atomic E-state index is 9.24. The molecule has 0 aliphatic heterocycles. The van der Waals surface area contributed by atoms with Crippen LogP contribution in [0.5, 0.6) is 11.5 Å². The SMILES string of the molecule is COc1cc(OC)c(C(C)C)cc1B(O)O. The Labute approximate surface area is 96.0 Å². The van der Waals surface area contributed by atoms with Gasteiger partial charge >= 0.3 is 7.12 Å². The minimum Gasteiger partial charge on any atom is -0.497 e. The number of ether oxygens (including phenoxy) is 2. The first-order valence-corrected chi connectivity index (χ1v) is 5.13. The maximum Gasteiger partial charge on any atom is 0.492 e. The van der Waals surface area contributed by atoms with Gasteiger partial charge < -0.3 is 19.5 Å². The van der Waals surface area contributed by atoms with E-state index in [1.807, 2.05) is 13.8 Å². The Hall–Kier alpha value is -1.20. The lowest BCUT2D eigenvalue weighted by atomic mass is 9.77. The molecule has 0 bridgehead atoms. The fraction of sp³-hybridized carbons (Fsp3) is 0.455. The Balaban J connectivity index is 3.35. The van der Waals surface area contributed by atoms with Crippen LogP contribution in [-0.4, -0.2) is 31.4 Å². The van der Waals surface area contributed by atoms with Gasteiger partial charge in [-0.15, -0.1) is 0 Å². The van der Waals surface area contributed by atoms with Crippen LogP contribution in [-0.2, 0) is 0 Å². The first-order valence-electron chi connectivity index (χ1n) is 5.13. The summed E-state index contributed by atoms with van der Waals surface area (Å²) in [6, 6.07) is 3.37. The summed E-state index contributed by atoms with van der Waals surface area (Å²) in [5.74, 6) is 1.34. The first-order chi connectivity index (χ1) is 7.51. The molecular formula is C11H17BO4. The summed E-state index contributed by atoms with van der Waals surface area (Å²) in [5, 5.41) is 18.5. The second-order valence-corrected chi connectivity index (χ2v) is 3.86. The summed E-state index contributed by atoms with van der Waals surface area (Å²) >= 11 is 0. The third-order valence-electron chi connectivity index (χ3n) is 2.48. The van der Waals surface area contributed by atoms with Crippen molar-refractivity contribution in [3.8, 4) is 11.5 Å². The molecule has 0 aliphatic carbocycles. The van der Waals surface area contributed by atoms with Gasteiger partial charge in [0.15, 0.2) is 0 Å². The second-order valence-electron chi connectivity index (χ2n) is 3.86. The Morgan fingerprint density at radius 1 is 1.06 bits per heavy atom. The number of rotatable bonds is 4. The Bertz CT molecular complexity index is 332. The van der Waals surface area contributed by atoms with Gasteiger partial charge in [0.05, 0.1) is 14.2 Å². The fourth-order valence-corrected chi connectivity index (χ4v) is 1.60. The van der Waals surface area contributed by atoms with E-state index in [-0.39, 0.29) is 5.92 Å². The number of hydrogen-bond donors (Lipinski definition) is 2. The Kier molecular flexibility index (Phi) is 4.21. The maximum absolute atomic E-state index is 9.24. The van der Waals surface area contributed by atoms with Crippen molar-refractivity contribution in [2.75, 3.05) is 14.2 Å². The van der Waals surface area contributed by atoms with E-state index in [9.17, 15) is 10.0 Å². The van der Waals surface area contributed by atoms with Crippen LogP contribution in [0.25, 0.3) is 0 Å². The van der Waals surface area contributed by atoms with Gasteiger partial charge in [0.25, 0.3) is 0 Å². The van der Waals surface area contributed by atoms with Crippen molar-refractivity contribution in [1.82, 2.24) is 0 Å². The fourth-order valence-electron chi connectivity index (χ4n) is 1.60. The zero-order valence-corrected chi connectivity index (χ0v) is 10.0. The monoisotopic (exact) mass is 224 g/mol. The molecule has 88 valence electrons. The van der Waals surface area contributed by atoms with Gasteiger partial charge in [0.2, 0.25) is 0 Å². The second kappa shape index (κ2) is 5.23. The van der Waals surface area contributed by atoms with Crippen LogP contribution < -0.4 is 14.9 Å². The van der Waals surface area contributed by atoms with Gasteiger partial charge in [-0.2, -0.15) is 0 Å². The van der Waals surface area contributed by atoms with Crippen LogP contribution in [0.15, 0.2) is 12.1 Å². The average molecular weight is 224 g/mol. The smallest absolute Gasteiger partial charge is 0.492 e. The third-order valence-corrected chi connectivity index (χ3v) is 2.48. The van der Waals surface area contributed by atoms with Crippen molar-refractivity contribution >= 4 is 12.6 Å². The largest absolute Gasteiger partial charge is 0.497 e. The van der Waals surface area contributed by atoms with Gasteiger partial charge in [-0.05, 0) is 11.5 Å². The standard InChI is InChI=1S/C11H17BO4/c1-7(2)8-5-9(12(13)14)11(16-4)6-10(8)15-3/h5-7,13-14H,1-4H3. The van der Waals surface area contributed by atoms with Crippen molar-refractivity contribution in [2.24, 2.45) is 0 Å². The summed E-state index contributed by atoms with van der Waals surface area (Å²) in [6.07, 6.45) is 0. The molecule has 0 saturated carbocycles. The molecule has 5 heteroatoms. The topological polar surface area (TPSA) is 58.9 Å². The van der Waals surface area contributed by atoms with E-state index in [0.717, 1.165) is 5.56 Å². The molecule has 0 unspecified atom stereocenters. The van der Waals surface area contributed by atoms with Gasteiger partial charge in [-0.1, -0.05) is 19.9 Å². The summed E-state index contributed by atoms with van der Waals surface area (Å²) in [6.45, 7) is 4.02. The lowest BCUT2D eigenvalue weighted by molar-refractivity contribution is 0.386. The van der Waals surface area contributed by atoms with E-state index in [0.29, 0.717) is 17.0 Å². The molecule has 2 N–H and O–H groups in total. The highest BCUT2D eigenvalue weighted by Gasteiger charge is 2.21. The molecule has 1 aromatic rings. The lowest BCUT2D eigenvalue weighted by Crippen LogP contribution is -2.31. The highest BCUT2D eigenvalue weighted by molar-refractivity contribution is 6.59. The number of methoxy groups -OCH3 is 2. The van der Waals surface area contributed by atoms with Crippen LogP contribution in [0.1, 0.15) is 25.3 Å². The Morgan fingerprint density at radius 2 is 1.62 bits per heavy atom. The molecule has 0 fully saturated rings. The van der Waals surface area contributed by atoms with E-state index >= 15 is 0 Å². The van der Waals surface area contributed by atoms with E-state index in [1.165, 1.54) is 7.11 Å². The molecule has 0 saturated heterocycles. The van der Waals surface area contributed by atoms with Crippen molar-refractivity contribution < 1.29 is 19.5 Å². The summed E-state index contributed by atoms with van der Waals surface area (Å²) in [7, 11) is 1.52. The Morgan fingerprint density at radius 3 is 2.00 bits per heavy atom. The van der Waals surface area contributed by atoms with Crippen molar-refractivity contribution in [2.45, 2.75) is 19.8 Å². The minimum absolute atomic E-state index is 0.235. The molecule has 0 spiro atoms.